The average molecular weight is 444 g/mol. The Kier molecular flexibility index (Phi) is 6.61. The summed E-state index contributed by atoms with van der Waals surface area (Å²) in [5.41, 5.74) is 1.01. The fraction of sp³-hybridized carbons (Fsp3) is 0.381. The van der Waals surface area contributed by atoms with E-state index in [2.05, 4.69) is 35.7 Å². The Hall–Kier alpha value is -3.20. The Morgan fingerprint density at radius 3 is 3.10 bits per heavy atom. The molecule has 10 heteroatoms. The van der Waals surface area contributed by atoms with E-state index in [1.807, 2.05) is 30.3 Å². The number of anilines is 1. The van der Waals surface area contributed by atoms with Gasteiger partial charge < -0.3 is 24.7 Å². The quantitative estimate of drug-likeness (QED) is 0.381. The van der Waals surface area contributed by atoms with E-state index in [0.29, 0.717) is 29.6 Å². The topological polar surface area (TPSA) is 104 Å². The number of methoxy groups -OCH3 is 1. The molecule has 3 aromatic rings. The molecule has 3 heterocycles. The third-order valence-electron chi connectivity index (χ3n) is 5.16. The molecule has 0 aliphatic carbocycles. The second-order valence-electron chi connectivity index (χ2n) is 7.22. The van der Waals surface area contributed by atoms with Crippen LogP contribution in [0.15, 0.2) is 46.0 Å². The number of aromatic amines is 1. The van der Waals surface area contributed by atoms with Crippen molar-refractivity contribution >= 4 is 23.2 Å². The number of H-pyrrole nitrogens is 1. The van der Waals surface area contributed by atoms with Crippen LogP contribution in [0.4, 0.5) is 5.69 Å². The van der Waals surface area contributed by atoms with Gasteiger partial charge in [-0.05, 0) is 36.8 Å². The van der Waals surface area contributed by atoms with Crippen molar-refractivity contribution in [1.82, 2.24) is 25.8 Å². The Bertz CT molecular complexity index is 1020. The van der Waals surface area contributed by atoms with Crippen LogP contribution >= 0.6 is 11.6 Å². The smallest absolute Gasteiger partial charge is 0.216 e. The fourth-order valence-corrected chi connectivity index (χ4v) is 3.78. The number of aliphatic imine (C=N–C) groups is 1. The summed E-state index contributed by atoms with van der Waals surface area (Å²) in [5, 5.41) is 14.7. The molecule has 1 atom stereocenters. The number of halogens is 1. The number of nitrogens with one attached hydrogen (secondary N) is 3. The van der Waals surface area contributed by atoms with Crippen molar-refractivity contribution in [2.24, 2.45) is 4.99 Å². The third-order valence-corrected chi connectivity index (χ3v) is 5.40. The summed E-state index contributed by atoms with van der Waals surface area (Å²) < 4.78 is 10.8. The first-order chi connectivity index (χ1) is 15.2. The molecule has 0 amide bonds. The molecule has 3 N–H and O–H groups in total. The van der Waals surface area contributed by atoms with Gasteiger partial charge in [-0.25, -0.2) is 4.98 Å². The van der Waals surface area contributed by atoms with Gasteiger partial charge in [0.15, 0.2) is 11.7 Å². The number of furan rings is 1. The van der Waals surface area contributed by atoms with Gasteiger partial charge in [0.05, 0.1) is 19.1 Å². The lowest BCUT2D eigenvalue weighted by molar-refractivity contribution is 0.415. The fourth-order valence-electron chi connectivity index (χ4n) is 3.62. The van der Waals surface area contributed by atoms with Gasteiger partial charge >= 0.3 is 0 Å². The summed E-state index contributed by atoms with van der Waals surface area (Å²) in [6, 6.07) is 9.61. The van der Waals surface area contributed by atoms with E-state index in [1.54, 1.807) is 20.4 Å². The van der Waals surface area contributed by atoms with E-state index in [-0.39, 0.29) is 6.04 Å². The lowest BCUT2D eigenvalue weighted by Gasteiger charge is -2.22. The van der Waals surface area contributed by atoms with Crippen LogP contribution in [-0.4, -0.2) is 61.0 Å². The number of benzene rings is 1. The lowest BCUT2D eigenvalue weighted by atomic mass is 10.2. The summed E-state index contributed by atoms with van der Waals surface area (Å²) in [5.74, 6) is 3.58. The van der Waals surface area contributed by atoms with Crippen molar-refractivity contribution in [3.05, 3.63) is 47.4 Å². The monoisotopic (exact) mass is 443 g/mol. The first kappa shape index (κ1) is 21.0. The molecule has 164 valence electrons. The maximum absolute atomic E-state index is 6.19. The minimum atomic E-state index is 0.269. The number of rotatable bonds is 7. The first-order valence-electron chi connectivity index (χ1n) is 10.2. The highest BCUT2D eigenvalue weighted by atomic mass is 35.5. The van der Waals surface area contributed by atoms with Gasteiger partial charge in [0, 0.05) is 44.2 Å². The summed E-state index contributed by atoms with van der Waals surface area (Å²) in [6.07, 6.45) is 3.28. The maximum Gasteiger partial charge on any atom is 0.216 e. The van der Waals surface area contributed by atoms with Crippen LogP contribution in [0, 0.1) is 0 Å². The minimum absolute atomic E-state index is 0.269. The predicted octanol–water partition coefficient (Wildman–Crippen LogP) is 2.71. The molecule has 0 spiro atoms. The highest BCUT2D eigenvalue weighted by Gasteiger charge is 2.25. The number of hydrogen-bond donors (Lipinski definition) is 3. The van der Waals surface area contributed by atoms with Gasteiger partial charge in [0.25, 0.3) is 0 Å². The van der Waals surface area contributed by atoms with E-state index < -0.39 is 0 Å². The molecular weight excluding hydrogens is 418 g/mol. The van der Waals surface area contributed by atoms with E-state index in [1.165, 1.54) is 0 Å². The maximum atomic E-state index is 6.19. The molecule has 31 heavy (non-hydrogen) atoms. The molecule has 1 fully saturated rings. The van der Waals surface area contributed by atoms with Crippen molar-refractivity contribution in [2.45, 2.75) is 18.9 Å². The molecule has 0 radical (unpaired) electrons. The summed E-state index contributed by atoms with van der Waals surface area (Å²) >= 11 is 6.19. The molecule has 1 aromatic carbocycles. The van der Waals surface area contributed by atoms with Crippen molar-refractivity contribution in [2.75, 3.05) is 38.7 Å². The molecular formula is C21H26ClN7O2. The highest BCUT2D eigenvalue weighted by molar-refractivity contribution is 6.30. The van der Waals surface area contributed by atoms with Gasteiger partial charge in [0.1, 0.15) is 11.6 Å². The van der Waals surface area contributed by atoms with Gasteiger partial charge in [-0.1, -0.05) is 11.6 Å². The predicted molar refractivity (Wildman–Crippen MR) is 121 cm³/mol. The second kappa shape index (κ2) is 9.74. The zero-order valence-electron chi connectivity index (χ0n) is 17.6. The second-order valence-corrected chi connectivity index (χ2v) is 7.66. The van der Waals surface area contributed by atoms with E-state index in [4.69, 9.17) is 20.8 Å². The van der Waals surface area contributed by atoms with Gasteiger partial charge in [0.2, 0.25) is 5.82 Å². The van der Waals surface area contributed by atoms with Crippen LogP contribution in [0.1, 0.15) is 12.2 Å². The van der Waals surface area contributed by atoms with Crippen LogP contribution < -0.4 is 20.3 Å². The van der Waals surface area contributed by atoms with Gasteiger partial charge in [-0.15, -0.1) is 0 Å². The van der Waals surface area contributed by atoms with E-state index in [0.717, 1.165) is 42.7 Å². The minimum Gasteiger partial charge on any atom is -0.495 e. The number of ether oxygens (including phenoxy) is 1. The van der Waals surface area contributed by atoms with Crippen molar-refractivity contribution in [3.63, 3.8) is 0 Å². The molecule has 1 saturated heterocycles. The van der Waals surface area contributed by atoms with Crippen LogP contribution in [0.25, 0.3) is 11.6 Å². The van der Waals surface area contributed by atoms with Gasteiger partial charge in [-0.3, -0.25) is 10.1 Å². The Morgan fingerprint density at radius 1 is 1.42 bits per heavy atom. The van der Waals surface area contributed by atoms with Crippen LogP contribution in [-0.2, 0) is 6.42 Å². The van der Waals surface area contributed by atoms with E-state index in [9.17, 15) is 0 Å². The molecule has 9 nitrogen and oxygen atoms in total. The number of nitrogens with zero attached hydrogens (tertiary/aromatic N) is 4. The van der Waals surface area contributed by atoms with Crippen LogP contribution in [0.3, 0.4) is 0 Å². The standard InChI is InChI=1S/C21H26ClN7O2/c1-23-21(24-9-7-19-26-20(28-27-19)18-4-3-11-31-18)25-15-8-10-29(13-15)16-12-14(22)5-6-17(16)30-2/h3-6,11-12,15H,7-10,13H2,1-2H3,(H2,23,24,25)(H,26,27,28). The normalized spacial score (nSPS) is 16.5. The zero-order valence-corrected chi connectivity index (χ0v) is 18.3. The van der Waals surface area contributed by atoms with Crippen molar-refractivity contribution < 1.29 is 9.15 Å². The number of guanidine groups is 1. The number of hydrogen-bond acceptors (Lipinski definition) is 6. The Labute approximate surface area is 185 Å². The largest absolute Gasteiger partial charge is 0.495 e. The Morgan fingerprint density at radius 2 is 2.32 bits per heavy atom. The van der Waals surface area contributed by atoms with Crippen molar-refractivity contribution in [3.8, 4) is 17.3 Å². The molecule has 1 unspecified atom stereocenters. The zero-order chi connectivity index (χ0) is 21.6. The molecule has 2 aromatic heterocycles. The van der Waals surface area contributed by atoms with Crippen LogP contribution in [0.2, 0.25) is 5.02 Å². The van der Waals surface area contributed by atoms with Crippen molar-refractivity contribution in [1.29, 1.82) is 0 Å². The number of aromatic nitrogens is 3. The summed E-state index contributed by atoms with van der Waals surface area (Å²) in [7, 11) is 3.45. The average Bonchev–Trinajstić information content (AvgIpc) is 3.54. The third kappa shape index (κ3) is 5.11. The van der Waals surface area contributed by atoms with Crippen LogP contribution in [0.5, 0.6) is 5.75 Å². The summed E-state index contributed by atoms with van der Waals surface area (Å²) in [6.45, 7) is 2.43. The highest BCUT2D eigenvalue weighted by Crippen LogP contribution is 2.33. The lowest BCUT2D eigenvalue weighted by Crippen LogP contribution is -2.45. The summed E-state index contributed by atoms with van der Waals surface area (Å²) in [4.78, 5) is 11.1. The van der Waals surface area contributed by atoms with Gasteiger partial charge in [-0.2, -0.15) is 5.10 Å². The first-order valence-corrected chi connectivity index (χ1v) is 10.5. The molecule has 0 bridgehead atoms. The SMILES string of the molecule is CN=C(NCCc1nc(-c2ccco2)n[nH]1)NC1CCN(c2cc(Cl)ccc2OC)C1. The Balaban J connectivity index is 1.27. The molecule has 1 aliphatic rings. The molecule has 4 rings (SSSR count). The molecule has 1 aliphatic heterocycles. The molecule has 0 saturated carbocycles. The van der Waals surface area contributed by atoms with E-state index >= 15 is 0 Å².